The highest BCUT2D eigenvalue weighted by Gasteiger charge is 2.25. The molecule has 1 unspecified atom stereocenters. The molecule has 1 N–H and O–H groups in total. The van der Waals surface area contributed by atoms with Crippen LogP contribution in [0.2, 0.25) is 0 Å². The van der Waals surface area contributed by atoms with Gasteiger partial charge in [0.15, 0.2) is 11.5 Å². The van der Waals surface area contributed by atoms with Gasteiger partial charge in [0.1, 0.15) is 0 Å². The van der Waals surface area contributed by atoms with Gasteiger partial charge in [-0.25, -0.2) is 0 Å². The van der Waals surface area contributed by atoms with Crippen molar-refractivity contribution in [2.45, 2.75) is 44.1 Å². The van der Waals surface area contributed by atoms with Crippen LogP contribution in [0, 0.1) is 0 Å². The number of nitrogens with one attached hydrogen (secondary N) is 1. The predicted octanol–water partition coefficient (Wildman–Crippen LogP) is 2.62. The maximum absolute atomic E-state index is 11.7. The fraction of sp³-hybridized carbons (Fsp3) is 0.562. The number of amides is 1. The Morgan fingerprint density at radius 1 is 1.40 bits per heavy atom. The summed E-state index contributed by atoms with van der Waals surface area (Å²) in [6, 6.07) is -1.57. The van der Waals surface area contributed by atoms with Crippen molar-refractivity contribution in [3.8, 4) is 11.5 Å². The minimum Gasteiger partial charge on any atom is -0.493 e. The van der Waals surface area contributed by atoms with Crippen LogP contribution in [0.3, 0.4) is 0 Å². The molecule has 1 heterocycles. The molecule has 1 aliphatic heterocycles. The smallest absolute Gasteiger partial charge is 0.220 e. The second-order valence-corrected chi connectivity index (χ2v) is 5.02. The molecule has 4 heteroatoms. The Labute approximate surface area is 130 Å². The zero-order valence-electron chi connectivity index (χ0n) is 18.9. The molecule has 1 saturated carbocycles. The summed E-state index contributed by atoms with van der Waals surface area (Å²) in [7, 11) is -2.91. The van der Waals surface area contributed by atoms with Gasteiger partial charge in [0.2, 0.25) is 5.91 Å². The lowest BCUT2D eigenvalue weighted by Gasteiger charge is -2.18. The second-order valence-electron chi connectivity index (χ2n) is 5.02. The van der Waals surface area contributed by atoms with E-state index >= 15 is 0 Å². The number of rotatable bonds is 4. The highest BCUT2D eigenvalue weighted by molar-refractivity contribution is 5.79. The number of benzene rings is 1. The van der Waals surface area contributed by atoms with Crippen LogP contribution in [0.5, 0.6) is 11.5 Å². The van der Waals surface area contributed by atoms with E-state index in [1.807, 2.05) is 0 Å². The SMILES string of the molecule is [2H]c1c([2H])c(C2CC(=O)NC2([2H])[2H])c([2H])c(OC2CCCC2)c1OC([2H])([2H])[2H]. The van der Waals surface area contributed by atoms with E-state index in [0.29, 0.717) is 12.8 Å². The van der Waals surface area contributed by atoms with Crippen molar-refractivity contribution in [3.05, 3.63) is 23.7 Å². The summed E-state index contributed by atoms with van der Waals surface area (Å²) in [5, 5.41) is 2.17. The molecule has 2 fully saturated rings. The predicted molar refractivity (Wildman–Crippen MR) is 76.2 cm³/mol. The minimum atomic E-state index is -2.91. The van der Waals surface area contributed by atoms with E-state index in [9.17, 15) is 4.79 Å². The van der Waals surface area contributed by atoms with Crippen LogP contribution in [0.4, 0.5) is 0 Å². The largest absolute Gasteiger partial charge is 0.493 e. The Morgan fingerprint density at radius 2 is 2.25 bits per heavy atom. The number of ether oxygens (including phenoxy) is 2. The quantitative estimate of drug-likeness (QED) is 0.924. The summed E-state index contributed by atoms with van der Waals surface area (Å²) >= 11 is 0. The van der Waals surface area contributed by atoms with Crippen LogP contribution < -0.4 is 14.8 Å². The lowest BCUT2D eigenvalue weighted by atomic mass is 9.98. The average molecular weight is 283 g/mol. The van der Waals surface area contributed by atoms with Crippen molar-refractivity contribution in [1.29, 1.82) is 0 Å². The van der Waals surface area contributed by atoms with Crippen molar-refractivity contribution in [3.63, 3.8) is 0 Å². The Morgan fingerprint density at radius 3 is 2.95 bits per heavy atom. The third-order valence-corrected chi connectivity index (χ3v) is 3.58. The summed E-state index contributed by atoms with van der Waals surface area (Å²) in [4.78, 5) is 11.7. The monoisotopic (exact) mass is 283 g/mol. The molecule has 0 radical (unpaired) electrons. The molecule has 1 atom stereocenters. The first kappa shape index (κ1) is 6.83. The van der Waals surface area contributed by atoms with Gasteiger partial charge in [-0.15, -0.1) is 0 Å². The minimum absolute atomic E-state index is 0.167. The normalized spacial score (nSPS) is 31.8. The zero-order valence-corrected chi connectivity index (χ0v) is 10.9. The third-order valence-electron chi connectivity index (χ3n) is 3.58. The highest BCUT2D eigenvalue weighted by Crippen LogP contribution is 2.35. The Balaban J connectivity index is 2.16. The van der Waals surface area contributed by atoms with Crippen molar-refractivity contribution in [2.75, 3.05) is 13.5 Å². The van der Waals surface area contributed by atoms with Crippen LogP contribution in [0.25, 0.3) is 0 Å². The molecular formula is C16H21NO3. The molecule has 1 aromatic rings. The number of carbonyl (C=O) groups excluding carboxylic acids is 1. The van der Waals surface area contributed by atoms with E-state index in [-0.39, 0.29) is 23.8 Å². The van der Waals surface area contributed by atoms with Gasteiger partial charge in [-0.1, -0.05) is 6.04 Å². The molecule has 1 aromatic carbocycles. The lowest BCUT2D eigenvalue weighted by Crippen LogP contribution is -2.14. The average Bonchev–Trinajstić information content (AvgIpc) is 3.15. The lowest BCUT2D eigenvalue weighted by molar-refractivity contribution is -0.119. The fourth-order valence-corrected chi connectivity index (χ4v) is 2.52. The fourth-order valence-electron chi connectivity index (χ4n) is 2.52. The van der Waals surface area contributed by atoms with Gasteiger partial charge in [-0.05, 0) is 43.3 Å². The molecule has 0 spiro atoms. The van der Waals surface area contributed by atoms with Gasteiger partial charge in [0.05, 0.1) is 21.4 Å². The first-order chi connectivity index (χ1) is 12.9. The number of carbonyl (C=O) groups is 1. The van der Waals surface area contributed by atoms with E-state index in [0.717, 1.165) is 12.8 Å². The van der Waals surface area contributed by atoms with Crippen molar-refractivity contribution in [1.82, 2.24) is 5.32 Å². The van der Waals surface area contributed by atoms with E-state index in [2.05, 4.69) is 5.32 Å². The van der Waals surface area contributed by atoms with Gasteiger partial charge in [0.25, 0.3) is 0 Å². The first-order valence-corrected chi connectivity index (χ1v) is 6.71. The molecular weight excluding hydrogens is 254 g/mol. The van der Waals surface area contributed by atoms with Crippen LogP contribution in [-0.2, 0) is 4.79 Å². The standard InChI is InChI=1S/C16H21NO3/c1-19-14-7-6-11(12-9-16(18)17-10-12)8-15(14)20-13-4-2-3-5-13/h6-8,12-13H,2-5,9-10H2,1H3,(H,17,18)/i1D3,6D,7D,8D,10D2. The summed E-state index contributed by atoms with van der Waals surface area (Å²) in [5.41, 5.74) is -0.167. The van der Waals surface area contributed by atoms with Gasteiger partial charge < -0.3 is 14.8 Å². The summed E-state index contributed by atoms with van der Waals surface area (Å²) < 4.78 is 73.7. The second kappa shape index (κ2) is 5.73. The van der Waals surface area contributed by atoms with Gasteiger partial charge in [0, 0.05) is 21.6 Å². The zero-order chi connectivity index (χ0) is 20.9. The van der Waals surface area contributed by atoms with Gasteiger partial charge in [-0.3, -0.25) is 4.79 Å². The topological polar surface area (TPSA) is 47.6 Å². The molecule has 0 aromatic heterocycles. The maximum atomic E-state index is 11.7. The first-order valence-electron chi connectivity index (χ1n) is 10.7. The molecule has 3 rings (SSSR count). The van der Waals surface area contributed by atoms with Crippen LogP contribution in [-0.4, -0.2) is 25.5 Å². The Bertz CT molecular complexity index is 789. The Hall–Kier alpha value is -1.71. The van der Waals surface area contributed by atoms with Gasteiger partial charge in [-0.2, -0.15) is 0 Å². The molecule has 0 bridgehead atoms. The number of hydrogen-bond donors (Lipinski definition) is 1. The van der Waals surface area contributed by atoms with E-state index in [1.165, 1.54) is 0 Å². The van der Waals surface area contributed by atoms with Crippen LogP contribution >= 0.6 is 0 Å². The molecule has 2 aliphatic rings. The molecule has 1 saturated heterocycles. The third kappa shape index (κ3) is 2.74. The summed E-state index contributed by atoms with van der Waals surface area (Å²) in [6.07, 6.45) is 2.64. The van der Waals surface area contributed by atoms with E-state index in [1.54, 1.807) is 0 Å². The molecule has 20 heavy (non-hydrogen) atoms. The Kier molecular flexibility index (Phi) is 1.96. The van der Waals surface area contributed by atoms with E-state index in [4.69, 9.17) is 20.4 Å². The number of hydrogen-bond acceptors (Lipinski definition) is 3. The summed E-state index contributed by atoms with van der Waals surface area (Å²) in [6.45, 7) is -2.20. The van der Waals surface area contributed by atoms with Crippen molar-refractivity contribution < 1.29 is 25.2 Å². The van der Waals surface area contributed by atoms with E-state index < -0.39 is 49.2 Å². The maximum Gasteiger partial charge on any atom is 0.220 e. The summed E-state index contributed by atoms with van der Waals surface area (Å²) in [5.74, 6) is -2.55. The van der Waals surface area contributed by atoms with Crippen LogP contribution in [0.1, 0.15) is 54.6 Å². The molecule has 108 valence electrons. The van der Waals surface area contributed by atoms with Crippen molar-refractivity contribution in [2.24, 2.45) is 0 Å². The van der Waals surface area contributed by atoms with Crippen molar-refractivity contribution >= 4 is 5.91 Å². The number of methoxy groups -OCH3 is 1. The molecule has 1 amide bonds. The molecule has 1 aliphatic carbocycles. The highest BCUT2D eigenvalue weighted by atomic mass is 16.5. The van der Waals surface area contributed by atoms with Gasteiger partial charge >= 0.3 is 0 Å². The molecule has 4 nitrogen and oxygen atoms in total. The van der Waals surface area contributed by atoms with Crippen LogP contribution in [0.15, 0.2) is 18.1 Å².